The van der Waals surface area contributed by atoms with Crippen LogP contribution in [-0.4, -0.2) is 6.03 Å². The summed E-state index contributed by atoms with van der Waals surface area (Å²) in [6, 6.07) is -0.833. The average Bonchev–Trinajstić information content (AvgIpc) is 2.21. The summed E-state index contributed by atoms with van der Waals surface area (Å²) in [6.07, 6.45) is 14.4. The van der Waals surface area contributed by atoms with Crippen LogP contribution in [0.3, 0.4) is 0 Å². The van der Waals surface area contributed by atoms with Crippen LogP contribution < -0.4 is 11.5 Å². The van der Waals surface area contributed by atoms with Crippen molar-refractivity contribution in [2.75, 3.05) is 0 Å². The zero-order chi connectivity index (χ0) is 12.6. The number of urea groups is 1. The van der Waals surface area contributed by atoms with Gasteiger partial charge in [-0.3, -0.25) is 0 Å². The summed E-state index contributed by atoms with van der Waals surface area (Å²) in [7, 11) is 0. The highest BCUT2D eigenvalue weighted by atomic mass is 16.2. The van der Waals surface area contributed by atoms with Gasteiger partial charge in [0.1, 0.15) is 0 Å². The molecule has 0 aliphatic carbocycles. The summed E-state index contributed by atoms with van der Waals surface area (Å²) in [4.78, 5) is 9.00. The Balaban J connectivity index is 0. The van der Waals surface area contributed by atoms with Crippen molar-refractivity contribution < 1.29 is 4.79 Å². The van der Waals surface area contributed by atoms with Crippen molar-refractivity contribution in [3.8, 4) is 0 Å². The maximum Gasteiger partial charge on any atom is 0.309 e. The minimum atomic E-state index is -0.833. The predicted molar refractivity (Wildman–Crippen MR) is 71.3 cm³/mol. The van der Waals surface area contributed by atoms with Crippen molar-refractivity contribution >= 4 is 6.03 Å². The monoisotopic (exact) mass is 230 g/mol. The van der Waals surface area contributed by atoms with E-state index in [1.807, 2.05) is 0 Å². The van der Waals surface area contributed by atoms with E-state index < -0.39 is 6.03 Å². The van der Waals surface area contributed by atoms with Gasteiger partial charge < -0.3 is 11.5 Å². The van der Waals surface area contributed by atoms with Gasteiger partial charge in [-0.2, -0.15) is 0 Å². The first-order chi connectivity index (χ1) is 7.65. The molecule has 3 heteroatoms. The average molecular weight is 230 g/mol. The van der Waals surface area contributed by atoms with Gasteiger partial charge in [0.05, 0.1) is 0 Å². The Hall–Kier alpha value is -0.730. The molecule has 0 rings (SSSR count). The summed E-state index contributed by atoms with van der Waals surface area (Å²) < 4.78 is 0. The van der Waals surface area contributed by atoms with E-state index in [9.17, 15) is 0 Å². The lowest BCUT2D eigenvalue weighted by Crippen LogP contribution is -2.18. The number of carbonyl (C=O) groups is 1. The quantitative estimate of drug-likeness (QED) is 0.578. The fourth-order valence-corrected chi connectivity index (χ4v) is 1.56. The van der Waals surface area contributed by atoms with Crippen molar-refractivity contribution in [3.05, 3.63) is 0 Å². The second-order valence-corrected chi connectivity index (χ2v) is 4.23. The summed E-state index contributed by atoms with van der Waals surface area (Å²) in [6.45, 7) is 4.56. The van der Waals surface area contributed by atoms with Gasteiger partial charge in [0.15, 0.2) is 0 Å². The normalized spacial score (nSPS) is 9.38. The number of rotatable bonds is 9. The van der Waals surface area contributed by atoms with E-state index in [0.29, 0.717) is 0 Å². The fourth-order valence-electron chi connectivity index (χ4n) is 1.56. The molecule has 0 fully saturated rings. The zero-order valence-electron chi connectivity index (χ0n) is 11.1. The van der Waals surface area contributed by atoms with E-state index in [4.69, 9.17) is 4.79 Å². The van der Waals surface area contributed by atoms with Gasteiger partial charge in [-0.15, -0.1) is 0 Å². The summed E-state index contributed by atoms with van der Waals surface area (Å²) in [5.41, 5.74) is 8.50. The van der Waals surface area contributed by atoms with Crippen LogP contribution in [0.5, 0.6) is 0 Å². The van der Waals surface area contributed by atoms with Gasteiger partial charge in [0.2, 0.25) is 0 Å². The van der Waals surface area contributed by atoms with E-state index in [1.165, 1.54) is 64.2 Å². The molecule has 0 aliphatic heterocycles. The second-order valence-electron chi connectivity index (χ2n) is 4.23. The molecule has 0 unspecified atom stereocenters. The van der Waals surface area contributed by atoms with Gasteiger partial charge in [0.25, 0.3) is 0 Å². The third kappa shape index (κ3) is 29.2. The van der Waals surface area contributed by atoms with Crippen LogP contribution in [0.15, 0.2) is 0 Å². The van der Waals surface area contributed by atoms with E-state index in [-0.39, 0.29) is 0 Å². The third-order valence-corrected chi connectivity index (χ3v) is 2.46. The molecule has 0 saturated heterocycles. The predicted octanol–water partition coefficient (Wildman–Crippen LogP) is 3.95. The lowest BCUT2D eigenvalue weighted by molar-refractivity contribution is 0.256. The number of amides is 2. The number of hydrogen-bond acceptors (Lipinski definition) is 1. The first-order valence-corrected chi connectivity index (χ1v) is 6.70. The molecule has 0 spiro atoms. The first-order valence-electron chi connectivity index (χ1n) is 6.70. The van der Waals surface area contributed by atoms with Crippen LogP contribution in [0.1, 0.15) is 78.1 Å². The molecule has 0 atom stereocenters. The minimum Gasteiger partial charge on any atom is -0.352 e. The zero-order valence-corrected chi connectivity index (χ0v) is 11.1. The molecule has 0 aromatic heterocycles. The van der Waals surface area contributed by atoms with Crippen LogP contribution in [0, 0.1) is 0 Å². The van der Waals surface area contributed by atoms with Crippen molar-refractivity contribution in [2.24, 2.45) is 11.5 Å². The molecule has 2 amide bonds. The third-order valence-electron chi connectivity index (χ3n) is 2.46. The molecule has 98 valence electrons. The first kappa shape index (κ1) is 17.7. The molecular weight excluding hydrogens is 200 g/mol. The number of primary amides is 2. The summed E-state index contributed by atoms with van der Waals surface area (Å²) in [5.74, 6) is 0. The summed E-state index contributed by atoms with van der Waals surface area (Å²) in [5, 5.41) is 0. The topological polar surface area (TPSA) is 69.1 Å². The molecular formula is C13H30N2O. The molecule has 0 heterocycles. The van der Waals surface area contributed by atoms with E-state index in [1.54, 1.807) is 0 Å². The second kappa shape index (κ2) is 16.7. The van der Waals surface area contributed by atoms with E-state index >= 15 is 0 Å². The Bertz CT molecular complexity index is 124. The van der Waals surface area contributed by atoms with Crippen molar-refractivity contribution in [1.29, 1.82) is 0 Å². The number of nitrogens with two attached hydrogens (primary N) is 2. The van der Waals surface area contributed by atoms with E-state index in [2.05, 4.69) is 25.3 Å². The Morgan fingerprint density at radius 1 is 0.688 bits per heavy atom. The fraction of sp³-hybridized carbons (Fsp3) is 0.923. The van der Waals surface area contributed by atoms with Gasteiger partial charge in [-0.05, 0) is 0 Å². The molecule has 0 aromatic carbocycles. The number of carbonyl (C=O) groups excluding carboxylic acids is 1. The van der Waals surface area contributed by atoms with Crippen LogP contribution >= 0.6 is 0 Å². The minimum absolute atomic E-state index is 0.833. The molecule has 0 saturated carbocycles. The molecule has 0 radical (unpaired) electrons. The SMILES string of the molecule is CCCCCCCCCCCC.NC(N)=O. The van der Waals surface area contributed by atoms with Gasteiger partial charge >= 0.3 is 6.03 Å². The number of unbranched alkanes of at least 4 members (excludes halogenated alkanes) is 9. The summed E-state index contributed by atoms with van der Waals surface area (Å²) >= 11 is 0. The highest BCUT2D eigenvalue weighted by molar-refractivity contribution is 5.69. The van der Waals surface area contributed by atoms with E-state index in [0.717, 1.165) is 0 Å². The Labute approximate surface area is 101 Å². The Morgan fingerprint density at radius 3 is 1.06 bits per heavy atom. The van der Waals surface area contributed by atoms with Gasteiger partial charge in [-0.25, -0.2) is 4.79 Å². The molecule has 3 nitrogen and oxygen atoms in total. The largest absolute Gasteiger partial charge is 0.352 e. The Kier molecular flexibility index (Phi) is 18.4. The maximum atomic E-state index is 9.00. The van der Waals surface area contributed by atoms with Crippen molar-refractivity contribution in [2.45, 2.75) is 78.1 Å². The maximum absolute atomic E-state index is 9.00. The Morgan fingerprint density at radius 2 is 0.875 bits per heavy atom. The molecule has 4 N–H and O–H groups in total. The van der Waals surface area contributed by atoms with Crippen LogP contribution in [-0.2, 0) is 0 Å². The van der Waals surface area contributed by atoms with Crippen LogP contribution in [0.25, 0.3) is 0 Å². The lowest BCUT2D eigenvalue weighted by atomic mass is 10.1. The molecule has 0 bridgehead atoms. The van der Waals surface area contributed by atoms with Crippen molar-refractivity contribution in [1.82, 2.24) is 0 Å². The standard InChI is InChI=1S/C12H26.CH4N2O/c1-3-5-7-9-11-12-10-8-6-4-2;2-1(3)4/h3-12H2,1-2H3;(H4,2,3,4). The number of hydrogen-bond donors (Lipinski definition) is 2. The van der Waals surface area contributed by atoms with Crippen LogP contribution in [0.2, 0.25) is 0 Å². The molecule has 0 aliphatic rings. The molecule has 16 heavy (non-hydrogen) atoms. The molecule has 0 aromatic rings. The smallest absolute Gasteiger partial charge is 0.309 e. The lowest BCUT2D eigenvalue weighted by Gasteiger charge is -1.99. The highest BCUT2D eigenvalue weighted by Crippen LogP contribution is 2.09. The van der Waals surface area contributed by atoms with Gasteiger partial charge in [-0.1, -0.05) is 78.1 Å². The van der Waals surface area contributed by atoms with Crippen molar-refractivity contribution in [3.63, 3.8) is 0 Å². The van der Waals surface area contributed by atoms with Crippen LogP contribution in [0.4, 0.5) is 4.79 Å². The van der Waals surface area contributed by atoms with Gasteiger partial charge in [0, 0.05) is 0 Å². The highest BCUT2D eigenvalue weighted by Gasteiger charge is 1.90.